The fourth-order valence-electron chi connectivity index (χ4n) is 1.89. The molecule has 100 valence electrons. The summed E-state index contributed by atoms with van der Waals surface area (Å²) < 4.78 is 6.79. The van der Waals surface area contributed by atoms with Crippen molar-refractivity contribution in [1.82, 2.24) is 10.2 Å². The number of hydrogen-bond donors (Lipinski definition) is 0. The van der Waals surface area contributed by atoms with Gasteiger partial charge in [-0.3, -0.25) is 0 Å². The topological polar surface area (TPSA) is 35.0 Å². The predicted octanol–water partition coefficient (Wildman–Crippen LogP) is 4.62. The minimum absolute atomic E-state index is 0.386. The Labute approximate surface area is 129 Å². The third-order valence-electron chi connectivity index (χ3n) is 2.90. The summed E-state index contributed by atoms with van der Waals surface area (Å²) in [6.07, 6.45) is 0. The maximum Gasteiger partial charge on any atom is 0.241 e. The second-order valence-corrected chi connectivity index (χ2v) is 5.53. The van der Waals surface area contributed by atoms with Crippen molar-refractivity contribution in [3.8, 4) is 5.88 Å². The molecule has 3 nitrogen and oxygen atoms in total. The molecular weight excluding hydrogens is 340 g/mol. The number of aromatic nitrogens is 2. The molecule has 1 aromatic heterocycles. The Morgan fingerprint density at radius 3 is 2.40 bits per heavy atom. The number of hydrogen-bond acceptors (Lipinski definition) is 3. The van der Waals surface area contributed by atoms with Crippen molar-refractivity contribution in [2.45, 2.75) is 6.61 Å². The van der Waals surface area contributed by atoms with Crippen LogP contribution in [0.25, 0.3) is 10.8 Å². The normalized spacial score (nSPS) is 10.7. The molecule has 0 radical (unpaired) electrons. The molecule has 5 heteroatoms. The van der Waals surface area contributed by atoms with Gasteiger partial charge in [-0.25, -0.2) is 0 Å². The molecule has 3 rings (SSSR count). The van der Waals surface area contributed by atoms with E-state index in [-0.39, 0.29) is 0 Å². The second kappa shape index (κ2) is 5.77. The molecule has 0 aliphatic rings. The molecular formula is C15H10BrClN2O. The highest BCUT2D eigenvalue weighted by Gasteiger charge is 2.08. The average Bonchev–Trinajstić information content (AvgIpc) is 2.49. The van der Waals surface area contributed by atoms with E-state index in [1.807, 2.05) is 48.5 Å². The van der Waals surface area contributed by atoms with E-state index < -0.39 is 0 Å². The number of benzene rings is 2. The lowest BCUT2D eigenvalue weighted by Crippen LogP contribution is -1.99. The van der Waals surface area contributed by atoms with E-state index in [1.165, 1.54) is 0 Å². The fraction of sp³-hybridized carbons (Fsp3) is 0.0667. The van der Waals surface area contributed by atoms with Gasteiger partial charge < -0.3 is 4.74 Å². The SMILES string of the molecule is Clc1nnc(OCc2ccc(Br)cc2)c2ccccc12. The van der Waals surface area contributed by atoms with Gasteiger partial charge in [-0.1, -0.05) is 57.9 Å². The Morgan fingerprint density at radius 1 is 0.950 bits per heavy atom. The molecule has 0 fully saturated rings. The zero-order valence-electron chi connectivity index (χ0n) is 10.4. The van der Waals surface area contributed by atoms with Gasteiger partial charge in [-0.15, -0.1) is 10.2 Å². The molecule has 0 saturated heterocycles. The fourth-order valence-corrected chi connectivity index (χ4v) is 2.35. The highest BCUT2D eigenvalue weighted by Crippen LogP contribution is 2.27. The summed E-state index contributed by atoms with van der Waals surface area (Å²) in [4.78, 5) is 0. The van der Waals surface area contributed by atoms with E-state index in [1.54, 1.807) is 0 Å². The van der Waals surface area contributed by atoms with Crippen molar-refractivity contribution in [2.24, 2.45) is 0 Å². The first-order valence-corrected chi connectivity index (χ1v) is 7.19. The zero-order chi connectivity index (χ0) is 13.9. The van der Waals surface area contributed by atoms with Gasteiger partial charge in [0.25, 0.3) is 0 Å². The largest absolute Gasteiger partial charge is 0.471 e. The van der Waals surface area contributed by atoms with Crippen LogP contribution < -0.4 is 4.74 Å². The van der Waals surface area contributed by atoms with Crippen molar-refractivity contribution in [3.05, 3.63) is 63.7 Å². The number of halogens is 2. The summed E-state index contributed by atoms with van der Waals surface area (Å²) in [5, 5.41) is 10.0. The van der Waals surface area contributed by atoms with Crippen molar-refractivity contribution in [2.75, 3.05) is 0 Å². The quantitative estimate of drug-likeness (QED) is 0.692. The molecule has 2 aromatic carbocycles. The lowest BCUT2D eigenvalue weighted by atomic mass is 10.2. The van der Waals surface area contributed by atoms with Crippen LogP contribution in [0, 0.1) is 0 Å². The highest BCUT2D eigenvalue weighted by molar-refractivity contribution is 9.10. The Balaban J connectivity index is 1.88. The Kier molecular flexibility index (Phi) is 3.85. The van der Waals surface area contributed by atoms with Gasteiger partial charge in [-0.05, 0) is 23.8 Å². The first-order chi connectivity index (χ1) is 9.74. The second-order valence-electron chi connectivity index (χ2n) is 4.26. The average molecular weight is 350 g/mol. The first kappa shape index (κ1) is 13.3. The van der Waals surface area contributed by atoms with Crippen LogP contribution in [0.3, 0.4) is 0 Å². The Morgan fingerprint density at radius 2 is 1.65 bits per heavy atom. The smallest absolute Gasteiger partial charge is 0.241 e. The molecule has 0 aliphatic heterocycles. The van der Waals surface area contributed by atoms with E-state index in [0.29, 0.717) is 17.6 Å². The lowest BCUT2D eigenvalue weighted by molar-refractivity contribution is 0.294. The summed E-state index contributed by atoms with van der Waals surface area (Å²) in [6, 6.07) is 15.6. The summed E-state index contributed by atoms with van der Waals surface area (Å²) >= 11 is 9.43. The van der Waals surface area contributed by atoms with Crippen molar-refractivity contribution < 1.29 is 4.74 Å². The van der Waals surface area contributed by atoms with Gasteiger partial charge >= 0.3 is 0 Å². The molecule has 20 heavy (non-hydrogen) atoms. The number of ether oxygens (including phenoxy) is 1. The first-order valence-electron chi connectivity index (χ1n) is 6.02. The monoisotopic (exact) mass is 348 g/mol. The minimum atomic E-state index is 0.386. The van der Waals surface area contributed by atoms with Crippen LogP contribution in [0.4, 0.5) is 0 Å². The van der Waals surface area contributed by atoms with Gasteiger partial charge in [0.15, 0.2) is 5.15 Å². The highest BCUT2D eigenvalue weighted by atomic mass is 79.9. The van der Waals surface area contributed by atoms with E-state index in [2.05, 4.69) is 26.1 Å². The lowest BCUT2D eigenvalue weighted by Gasteiger charge is -2.08. The minimum Gasteiger partial charge on any atom is -0.471 e. The van der Waals surface area contributed by atoms with E-state index in [0.717, 1.165) is 20.8 Å². The van der Waals surface area contributed by atoms with Crippen molar-refractivity contribution in [3.63, 3.8) is 0 Å². The molecule has 0 aliphatic carbocycles. The maximum absolute atomic E-state index is 6.03. The summed E-state index contributed by atoms with van der Waals surface area (Å²) in [7, 11) is 0. The molecule has 0 bridgehead atoms. The van der Waals surface area contributed by atoms with Crippen molar-refractivity contribution in [1.29, 1.82) is 0 Å². The number of rotatable bonds is 3. The van der Waals surface area contributed by atoms with Crippen LogP contribution in [-0.4, -0.2) is 10.2 Å². The molecule has 1 heterocycles. The van der Waals surface area contributed by atoms with Crippen LogP contribution >= 0.6 is 27.5 Å². The Hall–Kier alpha value is -1.65. The molecule has 0 amide bonds. The number of fused-ring (bicyclic) bond motifs is 1. The van der Waals surface area contributed by atoms with Crippen molar-refractivity contribution >= 4 is 38.3 Å². The zero-order valence-corrected chi connectivity index (χ0v) is 12.7. The van der Waals surface area contributed by atoms with E-state index in [9.17, 15) is 0 Å². The molecule has 0 saturated carbocycles. The summed E-state index contributed by atoms with van der Waals surface area (Å²) in [5.74, 6) is 0.493. The summed E-state index contributed by atoms with van der Waals surface area (Å²) in [6.45, 7) is 0.438. The third kappa shape index (κ3) is 2.76. The van der Waals surface area contributed by atoms with Crippen LogP contribution in [0.15, 0.2) is 53.0 Å². The molecule has 0 spiro atoms. The Bertz CT molecular complexity index is 746. The standard InChI is InChI=1S/C15H10BrClN2O/c16-11-7-5-10(6-8-11)9-20-15-13-4-2-1-3-12(13)14(17)18-19-15/h1-8H,9H2. The van der Waals surface area contributed by atoms with Gasteiger partial charge in [0, 0.05) is 15.2 Å². The van der Waals surface area contributed by atoms with Gasteiger partial charge in [0.2, 0.25) is 5.88 Å². The summed E-state index contributed by atoms with van der Waals surface area (Å²) in [5.41, 5.74) is 1.06. The number of nitrogens with zero attached hydrogens (tertiary/aromatic N) is 2. The van der Waals surface area contributed by atoms with E-state index in [4.69, 9.17) is 16.3 Å². The third-order valence-corrected chi connectivity index (χ3v) is 3.71. The van der Waals surface area contributed by atoms with Crippen LogP contribution in [0.2, 0.25) is 5.15 Å². The van der Waals surface area contributed by atoms with Gasteiger partial charge in [-0.2, -0.15) is 0 Å². The molecule has 3 aromatic rings. The van der Waals surface area contributed by atoms with Crippen LogP contribution in [-0.2, 0) is 6.61 Å². The molecule has 0 unspecified atom stereocenters. The molecule has 0 N–H and O–H groups in total. The van der Waals surface area contributed by atoms with Crippen LogP contribution in [0.5, 0.6) is 5.88 Å². The van der Waals surface area contributed by atoms with Crippen LogP contribution in [0.1, 0.15) is 5.56 Å². The maximum atomic E-state index is 6.03. The van der Waals surface area contributed by atoms with Gasteiger partial charge in [0.05, 0.1) is 0 Å². The molecule has 0 atom stereocenters. The predicted molar refractivity (Wildman–Crippen MR) is 83.0 cm³/mol. The van der Waals surface area contributed by atoms with E-state index >= 15 is 0 Å². The van der Waals surface area contributed by atoms with Gasteiger partial charge in [0.1, 0.15) is 6.61 Å².